The maximum Gasteiger partial charge on any atom is 0.426 e. The Labute approximate surface area is 211 Å². The van der Waals surface area contributed by atoms with Gasteiger partial charge in [-0.1, -0.05) is 93.6 Å². The van der Waals surface area contributed by atoms with Crippen molar-refractivity contribution in [2.45, 2.75) is 32.4 Å². The Morgan fingerprint density at radius 1 is 0.914 bits per heavy atom. The first-order chi connectivity index (χ1) is 16.7. The number of nitrogens with zero attached hydrogens (tertiary/aromatic N) is 1. The van der Waals surface area contributed by atoms with Crippen LogP contribution in [0.25, 0.3) is 10.4 Å². The quantitative estimate of drug-likeness (QED) is 0.144. The lowest BCUT2D eigenvalue weighted by molar-refractivity contribution is 0.202. The van der Waals surface area contributed by atoms with Crippen LogP contribution in [0.3, 0.4) is 0 Å². The first kappa shape index (κ1) is 24.9. The second kappa shape index (κ2) is 10.2. The molecule has 0 aliphatic heterocycles. The van der Waals surface area contributed by atoms with Crippen molar-refractivity contribution in [2.75, 3.05) is 5.01 Å². The summed E-state index contributed by atoms with van der Waals surface area (Å²) in [6, 6.07) is 32.6. The second-order valence-corrected chi connectivity index (χ2v) is 14.9. The maximum absolute atomic E-state index is 11.2. The first-order valence-corrected chi connectivity index (χ1v) is 14.2. The molecule has 0 saturated heterocycles. The molecular weight excluding hydrogens is 472 g/mol. The molecule has 5 nitrogen and oxygen atoms in total. The molecular formula is C28H30N2O3SSi. The molecule has 0 aliphatic carbocycles. The zero-order chi connectivity index (χ0) is 25.1. The van der Waals surface area contributed by atoms with Crippen LogP contribution < -0.4 is 21.2 Å². The van der Waals surface area contributed by atoms with Gasteiger partial charge in [-0.2, -0.15) is 0 Å². The molecule has 4 rings (SSSR count). The molecule has 0 fully saturated rings. The minimum atomic E-state index is -2.62. The molecule has 1 aromatic heterocycles. The van der Waals surface area contributed by atoms with Gasteiger partial charge >= 0.3 is 6.09 Å². The molecule has 0 spiro atoms. The highest BCUT2D eigenvalue weighted by atomic mass is 32.1. The average molecular weight is 503 g/mol. The molecule has 0 bridgehead atoms. The van der Waals surface area contributed by atoms with Crippen molar-refractivity contribution in [2.24, 2.45) is 5.84 Å². The number of amides is 1. The van der Waals surface area contributed by atoms with Crippen LogP contribution >= 0.6 is 11.3 Å². The predicted molar refractivity (Wildman–Crippen MR) is 147 cm³/mol. The zero-order valence-electron chi connectivity index (χ0n) is 20.1. The van der Waals surface area contributed by atoms with Crippen molar-refractivity contribution in [3.63, 3.8) is 0 Å². The van der Waals surface area contributed by atoms with E-state index in [0.29, 0.717) is 12.3 Å². The number of hydrogen-bond donors (Lipinski definition) is 2. The summed E-state index contributed by atoms with van der Waals surface area (Å²) in [5.74, 6) is 5.66. The van der Waals surface area contributed by atoms with Gasteiger partial charge in [-0.05, 0) is 45.2 Å². The Bertz CT molecular complexity index is 1250. The summed E-state index contributed by atoms with van der Waals surface area (Å²) >= 11 is 1.65. The lowest BCUT2D eigenvalue weighted by Crippen LogP contribution is -2.66. The molecule has 35 heavy (non-hydrogen) atoms. The number of carbonyl (C=O) groups is 1. The lowest BCUT2D eigenvalue weighted by Gasteiger charge is -2.43. The Morgan fingerprint density at radius 3 is 2.06 bits per heavy atom. The van der Waals surface area contributed by atoms with Crippen molar-refractivity contribution in [3.8, 4) is 10.4 Å². The molecule has 1 heterocycles. The number of benzene rings is 3. The van der Waals surface area contributed by atoms with Crippen LogP contribution in [-0.2, 0) is 11.0 Å². The van der Waals surface area contributed by atoms with E-state index < -0.39 is 14.4 Å². The molecule has 3 N–H and O–H groups in total. The van der Waals surface area contributed by atoms with Gasteiger partial charge in [-0.3, -0.25) is 0 Å². The number of thiophene rings is 1. The van der Waals surface area contributed by atoms with E-state index in [1.807, 2.05) is 24.3 Å². The van der Waals surface area contributed by atoms with E-state index in [0.717, 1.165) is 20.3 Å². The summed E-state index contributed by atoms with van der Waals surface area (Å²) in [6.07, 6.45) is -1.20. The fourth-order valence-electron chi connectivity index (χ4n) is 4.47. The monoisotopic (exact) mass is 502 g/mol. The summed E-state index contributed by atoms with van der Waals surface area (Å²) in [4.78, 5) is 13.4. The molecule has 7 heteroatoms. The Hall–Kier alpha value is -3.23. The van der Waals surface area contributed by atoms with Gasteiger partial charge < -0.3 is 9.53 Å². The third-order valence-electron chi connectivity index (χ3n) is 6.12. The van der Waals surface area contributed by atoms with E-state index in [2.05, 4.69) is 81.4 Å². The van der Waals surface area contributed by atoms with Gasteiger partial charge in [0.05, 0.1) is 12.3 Å². The van der Waals surface area contributed by atoms with E-state index in [-0.39, 0.29) is 5.04 Å². The normalized spacial score (nSPS) is 11.9. The molecule has 0 radical (unpaired) electrons. The number of rotatable bonds is 7. The molecule has 3 aromatic carbocycles. The van der Waals surface area contributed by atoms with Gasteiger partial charge in [0.15, 0.2) is 0 Å². The van der Waals surface area contributed by atoms with Crippen LogP contribution in [0.1, 0.15) is 25.6 Å². The van der Waals surface area contributed by atoms with Crippen LogP contribution in [0, 0.1) is 0 Å². The van der Waals surface area contributed by atoms with Crippen molar-refractivity contribution >= 4 is 41.8 Å². The van der Waals surface area contributed by atoms with E-state index in [4.69, 9.17) is 10.3 Å². The molecule has 0 atom stereocenters. The minimum Gasteiger partial charge on any atom is -0.464 e. The number of hydrogen-bond acceptors (Lipinski definition) is 4. The minimum absolute atomic E-state index is 0.0917. The van der Waals surface area contributed by atoms with Crippen molar-refractivity contribution in [1.82, 2.24) is 0 Å². The lowest BCUT2D eigenvalue weighted by atomic mass is 10.1. The highest BCUT2D eigenvalue weighted by Crippen LogP contribution is 2.38. The van der Waals surface area contributed by atoms with Gasteiger partial charge in [0.1, 0.15) is 0 Å². The number of carboxylic acid groups (broad SMARTS) is 1. The first-order valence-electron chi connectivity index (χ1n) is 11.4. The van der Waals surface area contributed by atoms with Crippen LogP contribution in [0.15, 0.2) is 97.1 Å². The maximum atomic E-state index is 11.2. The van der Waals surface area contributed by atoms with E-state index >= 15 is 0 Å². The molecule has 0 unspecified atom stereocenters. The van der Waals surface area contributed by atoms with Crippen molar-refractivity contribution in [3.05, 3.63) is 102 Å². The van der Waals surface area contributed by atoms with E-state index in [1.165, 1.54) is 10.4 Å². The summed E-state index contributed by atoms with van der Waals surface area (Å²) in [6.45, 7) is 7.30. The highest BCUT2D eigenvalue weighted by Gasteiger charge is 2.50. The van der Waals surface area contributed by atoms with E-state index in [9.17, 15) is 9.90 Å². The standard InChI is InChI=1S/C28H30N2O3SSi/c1-28(2,3)35(24-13-6-4-7-14-24,25-15-8-5-9-16-25)33-20-23-17-18-26(34-23)21-11-10-12-22(19-21)30(29)27(31)32/h4-19H,20,29H2,1-3H3,(H,31,32). The fraction of sp³-hybridized carbons (Fsp3) is 0.179. The predicted octanol–water partition coefficient (Wildman–Crippen LogP) is 5.85. The summed E-state index contributed by atoms with van der Waals surface area (Å²) in [5, 5.41) is 12.3. The summed E-state index contributed by atoms with van der Waals surface area (Å²) in [5.41, 5.74) is 1.34. The largest absolute Gasteiger partial charge is 0.464 e. The van der Waals surface area contributed by atoms with Gasteiger partial charge in [0.2, 0.25) is 0 Å². The summed E-state index contributed by atoms with van der Waals surface area (Å²) < 4.78 is 7.04. The van der Waals surface area contributed by atoms with Gasteiger partial charge in [0, 0.05) is 9.75 Å². The molecule has 4 aromatic rings. The van der Waals surface area contributed by atoms with Crippen LogP contribution in [0.5, 0.6) is 0 Å². The number of nitrogens with two attached hydrogens (primary N) is 1. The smallest absolute Gasteiger partial charge is 0.426 e. The fourth-order valence-corrected chi connectivity index (χ4v) is 10.0. The molecule has 0 saturated carbocycles. The van der Waals surface area contributed by atoms with Gasteiger partial charge in [0.25, 0.3) is 8.32 Å². The van der Waals surface area contributed by atoms with Crippen LogP contribution in [0.4, 0.5) is 10.5 Å². The van der Waals surface area contributed by atoms with E-state index in [1.54, 1.807) is 23.5 Å². The number of hydrazine groups is 1. The Balaban J connectivity index is 1.67. The van der Waals surface area contributed by atoms with Crippen molar-refractivity contribution in [1.29, 1.82) is 0 Å². The third kappa shape index (κ3) is 5.08. The highest BCUT2D eigenvalue weighted by molar-refractivity contribution is 7.15. The zero-order valence-corrected chi connectivity index (χ0v) is 22.0. The summed E-state index contributed by atoms with van der Waals surface area (Å²) in [7, 11) is -2.62. The topological polar surface area (TPSA) is 75.8 Å². The third-order valence-corrected chi connectivity index (χ3v) is 12.2. The van der Waals surface area contributed by atoms with Gasteiger partial charge in [-0.15, -0.1) is 11.3 Å². The Kier molecular flexibility index (Phi) is 7.23. The average Bonchev–Trinajstić information content (AvgIpc) is 3.34. The van der Waals surface area contributed by atoms with Crippen LogP contribution in [0.2, 0.25) is 5.04 Å². The van der Waals surface area contributed by atoms with Crippen molar-refractivity contribution < 1.29 is 14.3 Å². The SMILES string of the molecule is CC(C)(C)[Si](OCc1ccc(-c2cccc(N(N)C(=O)O)c2)s1)(c1ccccc1)c1ccccc1. The molecule has 180 valence electrons. The number of anilines is 1. The molecule has 1 amide bonds. The van der Waals surface area contributed by atoms with Crippen LogP contribution in [-0.4, -0.2) is 19.5 Å². The van der Waals surface area contributed by atoms with Gasteiger partial charge in [-0.25, -0.2) is 15.6 Å². The Morgan fingerprint density at radius 2 is 1.51 bits per heavy atom. The molecule has 0 aliphatic rings. The second-order valence-electron chi connectivity index (χ2n) is 9.42.